The van der Waals surface area contributed by atoms with Crippen LogP contribution in [0.5, 0.6) is 0 Å². The molecule has 16 heteroatoms. The number of hydrogen-bond donors (Lipinski definition) is 1. The summed E-state index contributed by atoms with van der Waals surface area (Å²) in [5.41, 5.74) is 0. The van der Waals surface area contributed by atoms with Gasteiger partial charge < -0.3 is 9.59 Å². The van der Waals surface area contributed by atoms with Gasteiger partial charge in [-0.1, -0.05) is 0 Å². The molecule has 0 spiro atoms. The minimum absolute atomic E-state index is 1.00. The lowest BCUT2D eigenvalue weighted by Gasteiger charge is -2.36. The summed E-state index contributed by atoms with van der Waals surface area (Å²) in [4.78, 5) is 0. The first-order valence-electron chi connectivity index (χ1n) is 5.88. The Hall–Kier alpha value is -1.03. The molecule has 160 valence electrons. The summed E-state index contributed by atoms with van der Waals surface area (Å²) in [6, 6.07) is 0. The summed E-state index contributed by atoms with van der Waals surface area (Å²) in [5, 5.41) is 7.49. The molecule has 3 nitrogen and oxygen atoms in total. The molecular weight excluding hydrogens is 413 g/mol. The summed E-state index contributed by atoms with van der Waals surface area (Å²) < 4.78 is 158. The first kappa shape index (κ1) is 27.2. The number of alkyl halides is 13. The molecule has 1 N–H and O–H groups in total. The molecule has 0 aliphatic heterocycles. The zero-order valence-corrected chi connectivity index (χ0v) is 13.2. The average Bonchev–Trinajstić information content (AvgIpc) is 2.20. The number of ether oxygens (including phenoxy) is 1. The molecule has 0 aromatic carbocycles. The van der Waals surface area contributed by atoms with Gasteiger partial charge in [-0.3, -0.25) is 4.74 Å². The fourth-order valence-corrected chi connectivity index (χ4v) is 0.696. The van der Waals surface area contributed by atoms with Gasteiger partial charge in [0.2, 0.25) is 0 Å². The molecule has 1 unspecified atom stereocenters. The van der Waals surface area contributed by atoms with Crippen molar-refractivity contribution in [1.82, 2.24) is 0 Å². The smallest absolute Gasteiger partial charge is 0.333 e. The van der Waals surface area contributed by atoms with E-state index in [-0.39, 0.29) is 0 Å². The molecule has 0 amide bonds. The van der Waals surface area contributed by atoms with Crippen LogP contribution in [-0.4, -0.2) is 74.1 Å². The fourth-order valence-electron chi connectivity index (χ4n) is 0.696. The van der Waals surface area contributed by atoms with Crippen molar-refractivity contribution in [2.24, 2.45) is 0 Å². The molecule has 0 aromatic heterocycles. The fraction of sp³-hybridized carbons (Fsp3) is 1.00. The number of rotatable bonds is 4. The first-order chi connectivity index (χ1) is 10.7. The molecule has 0 aromatic rings. The number of aliphatic hydroxyl groups is 1. The van der Waals surface area contributed by atoms with E-state index in [0.29, 0.717) is 0 Å². The van der Waals surface area contributed by atoms with Gasteiger partial charge in [-0.15, -0.1) is 0 Å². The monoisotopic (exact) mass is 426 g/mol. The highest BCUT2D eigenvalue weighted by atomic mass is 19.4. The maximum atomic E-state index is 12.7. The van der Waals surface area contributed by atoms with Gasteiger partial charge in [-0.05, 0) is 0 Å². The highest BCUT2D eigenvalue weighted by molar-refractivity contribution is 4.92. The van der Waals surface area contributed by atoms with Crippen LogP contribution in [0.2, 0.25) is 0 Å². The van der Waals surface area contributed by atoms with Crippen molar-refractivity contribution in [2.75, 3.05) is 28.2 Å². The molecule has 0 fully saturated rings. The van der Waals surface area contributed by atoms with Gasteiger partial charge >= 0.3 is 36.3 Å². The van der Waals surface area contributed by atoms with Crippen LogP contribution in [0.15, 0.2) is 0 Å². The Morgan fingerprint density at radius 1 is 0.615 bits per heavy atom. The van der Waals surface area contributed by atoms with Crippen LogP contribution in [0.3, 0.4) is 0 Å². The van der Waals surface area contributed by atoms with Gasteiger partial charge in [0.1, 0.15) is 0 Å². The van der Waals surface area contributed by atoms with Crippen LogP contribution in [0, 0.1) is 0 Å². The molecule has 0 heterocycles. The molecule has 0 rings (SSSR count). The summed E-state index contributed by atoms with van der Waals surface area (Å²) in [5.74, 6) is -14.7. The standard InChI is InChI=1S/C6HF13O2.C4H12N/c7-1(8,3(10,11)12)6(18,19)21-2(9,4(13,14)15)5(16,17)20;1-5(2,3)4/h20H;1-4H3/q;+1. The minimum Gasteiger partial charge on any atom is -0.333 e. The third-order valence-electron chi connectivity index (χ3n) is 1.74. The lowest BCUT2D eigenvalue weighted by atomic mass is 10.2. The molecule has 0 saturated heterocycles. The van der Waals surface area contributed by atoms with Gasteiger partial charge in [0.15, 0.2) is 0 Å². The predicted molar refractivity (Wildman–Crippen MR) is 58.1 cm³/mol. The van der Waals surface area contributed by atoms with E-state index in [4.69, 9.17) is 5.11 Å². The van der Waals surface area contributed by atoms with Crippen molar-refractivity contribution < 1.29 is 71.4 Å². The van der Waals surface area contributed by atoms with Gasteiger partial charge in [0.05, 0.1) is 28.2 Å². The average molecular weight is 426 g/mol. The molecule has 0 bridgehead atoms. The number of quaternary nitrogens is 1. The van der Waals surface area contributed by atoms with Crippen molar-refractivity contribution in [3.05, 3.63) is 0 Å². The second kappa shape index (κ2) is 7.18. The minimum atomic E-state index is -7.46. The topological polar surface area (TPSA) is 29.5 Å². The highest BCUT2D eigenvalue weighted by Crippen LogP contribution is 2.53. The lowest BCUT2D eigenvalue weighted by molar-refractivity contribution is -0.849. The Balaban J connectivity index is 0. The van der Waals surface area contributed by atoms with E-state index in [0.717, 1.165) is 4.48 Å². The van der Waals surface area contributed by atoms with Crippen LogP contribution in [-0.2, 0) is 4.74 Å². The van der Waals surface area contributed by atoms with E-state index in [1.54, 1.807) is 0 Å². The maximum Gasteiger partial charge on any atom is 0.462 e. The summed E-state index contributed by atoms with van der Waals surface area (Å²) in [6.45, 7) is 0. The van der Waals surface area contributed by atoms with Crippen LogP contribution in [0.1, 0.15) is 0 Å². The normalized spacial score (nSPS) is 17.3. The Morgan fingerprint density at radius 2 is 0.885 bits per heavy atom. The Morgan fingerprint density at radius 3 is 1.04 bits per heavy atom. The van der Waals surface area contributed by atoms with Gasteiger partial charge in [-0.25, -0.2) is 0 Å². The van der Waals surface area contributed by atoms with E-state index in [1.807, 2.05) is 0 Å². The van der Waals surface area contributed by atoms with Crippen LogP contribution >= 0.6 is 0 Å². The van der Waals surface area contributed by atoms with Crippen molar-refractivity contribution in [1.29, 1.82) is 0 Å². The van der Waals surface area contributed by atoms with Crippen LogP contribution < -0.4 is 0 Å². The van der Waals surface area contributed by atoms with Crippen LogP contribution in [0.4, 0.5) is 57.1 Å². The highest BCUT2D eigenvalue weighted by Gasteiger charge is 2.82. The largest absolute Gasteiger partial charge is 0.462 e. The molecule has 1 atom stereocenters. The summed E-state index contributed by atoms with van der Waals surface area (Å²) in [7, 11) is 8.50. The van der Waals surface area contributed by atoms with Crippen molar-refractivity contribution in [2.45, 2.75) is 36.3 Å². The van der Waals surface area contributed by atoms with E-state index in [2.05, 4.69) is 28.2 Å². The van der Waals surface area contributed by atoms with Gasteiger partial charge in [0, 0.05) is 0 Å². The molecule has 0 aliphatic rings. The van der Waals surface area contributed by atoms with E-state index in [1.165, 1.54) is 4.74 Å². The molecule has 0 radical (unpaired) electrons. The Kier molecular flexibility index (Phi) is 7.51. The van der Waals surface area contributed by atoms with E-state index in [9.17, 15) is 57.1 Å². The van der Waals surface area contributed by atoms with Crippen molar-refractivity contribution >= 4 is 0 Å². The van der Waals surface area contributed by atoms with Gasteiger partial charge in [0.25, 0.3) is 0 Å². The second-order valence-electron chi connectivity index (χ2n) is 6.01. The Bertz CT molecular complexity index is 438. The third-order valence-corrected chi connectivity index (χ3v) is 1.74. The van der Waals surface area contributed by atoms with Gasteiger partial charge in [-0.2, -0.15) is 57.1 Å². The predicted octanol–water partition coefficient (Wildman–Crippen LogP) is 3.93. The number of hydrogen-bond acceptors (Lipinski definition) is 2. The lowest BCUT2D eigenvalue weighted by Crippen LogP contribution is -2.64. The zero-order chi connectivity index (χ0) is 22.2. The SMILES string of the molecule is C[N+](C)(C)C.OC(F)(F)C(F)(OC(F)(F)C(F)(F)C(F)(F)F)C(F)(F)F. The molecule has 26 heavy (non-hydrogen) atoms. The molecule has 0 saturated carbocycles. The van der Waals surface area contributed by atoms with Crippen LogP contribution in [0.25, 0.3) is 0 Å². The number of nitrogens with zero attached hydrogens (tertiary/aromatic N) is 1. The van der Waals surface area contributed by atoms with Crippen molar-refractivity contribution in [3.8, 4) is 0 Å². The summed E-state index contributed by atoms with van der Waals surface area (Å²) >= 11 is 0. The molecule has 0 aliphatic carbocycles. The summed E-state index contributed by atoms with van der Waals surface area (Å²) in [6.07, 6.45) is -28.9. The van der Waals surface area contributed by atoms with Crippen molar-refractivity contribution in [3.63, 3.8) is 0 Å². The molecular formula is C10H13F13NO2+. The first-order valence-corrected chi connectivity index (χ1v) is 5.88. The van der Waals surface area contributed by atoms with E-state index < -0.39 is 36.3 Å². The zero-order valence-electron chi connectivity index (χ0n) is 13.2. The second-order valence-corrected chi connectivity index (χ2v) is 6.01. The third kappa shape index (κ3) is 6.61. The Labute approximate surface area is 137 Å². The van der Waals surface area contributed by atoms with E-state index >= 15 is 0 Å². The quantitative estimate of drug-likeness (QED) is 0.546. The number of halogens is 13. The maximum absolute atomic E-state index is 12.7.